The van der Waals surface area contributed by atoms with Crippen molar-refractivity contribution in [1.29, 1.82) is 0 Å². The number of anilines is 1. The quantitative estimate of drug-likeness (QED) is 0.777. The van der Waals surface area contributed by atoms with Gasteiger partial charge >= 0.3 is 0 Å². The monoisotopic (exact) mass is 369 g/mol. The maximum Gasteiger partial charge on any atom is 0.266 e. The van der Waals surface area contributed by atoms with E-state index in [1.165, 1.54) is 11.8 Å². The summed E-state index contributed by atoms with van der Waals surface area (Å²) in [6, 6.07) is 13.4. The van der Waals surface area contributed by atoms with E-state index in [4.69, 9.17) is 9.15 Å². The van der Waals surface area contributed by atoms with Gasteiger partial charge in [0, 0.05) is 32.3 Å². The van der Waals surface area contributed by atoms with Crippen LogP contribution in [-0.2, 0) is 9.53 Å². The third-order valence-electron chi connectivity index (χ3n) is 4.19. The molecule has 2 aliphatic heterocycles. The average molecular weight is 369 g/mol. The van der Waals surface area contributed by atoms with Crippen LogP contribution in [0.2, 0.25) is 0 Å². The molecule has 0 bridgehead atoms. The zero-order chi connectivity index (χ0) is 17.9. The molecule has 0 aliphatic carbocycles. The van der Waals surface area contributed by atoms with Crippen LogP contribution < -0.4 is 4.90 Å². The molecular weight excluding hydrogens is 350 g/mol. The highest BCUT2D eigenvalue weighted by Gasteiger charge is 2.30. The average Bonchev–Trinajstić information content (AvgIpc) is 3.25. The summed E-state index contributed by atoms with van der Waals surface area (Å²) >= 11 is 1.36. The van der Waals surface area contributed by atoms with Gasteiger partial charge in [0.05, 0.1) is 23.8 Å². The number of morpholine rings is 1. The Kier molecular flexibility index (Phi) is 4.81. The zero-order valence-electron chi connectivity index (χ0n) is 14.4. The molecule has 2 fully saturated rings. The minimum Gasteiger partial charge on any atom is -0.441 e. The molecular formula is C19H19N3O3S. The largest absolute Gasteiger partial charge is 0.441 e. The normalized spacial score (nSPS) is 21.2. The zero-order valence-corrected chi connectivity index (χ0v) is 15.2. The molecule has 0 spiro atoms. The minimum atomic E-state index is -0.0750. The Hall–Kier alpha value is -2.51. The maximum absolute atomic E-state index is 12.5. The predicted molar refractivity (Wildman–Crippen MR) is 104 cm³/mol. The van der Waals surface area contributed by atoms with Crippen molar-refractivity contribution in [2.75, 3.05) is 38.3 Å². The summed E-state index contributed by atoms with van der Waals surface area (Å²) < 4.78 is 11.3. The van der Waals surface area contributed by atoms with Crippen molar-refractivity contribution in [3.63, 3.8) is 0 Å². The van der Waals surface area contributed by atoms with Crippen molar-refractivity contribution < 1.29 is 13.9 Å². The Morgan fingerprint density at radius 3 is 2.65 bits per heavy atom. The molecule has 4 rings (SSSR count). The van der Waals surface area contributed by atoms with Gasteiger partial charge in [-0.3, -0.25) is 9.69 Å². The number of benzene rings is 1. The molecule has 1 aromatic carbocycles. The van der Waals surface area contributed by atoms with Gasteiger partial charge in [-0.1, -0.05) is 18.2 Å². The highest BCUT2D eigenvalue weighted by atomic mass is 32.2. The number of hydrogen-bond acceptors (Lipinski definition) is 6. The SMILES string of the molecule is CN1C(=O)/C(=C\c2ccc(N3CCOCC3)o2)SC1=Nc1ccccc1. The number of aliphatic imine (C=N–C) groups is 1. The lowest BCUT2D eigenvalue weighted by molar-refractivity contribution is -0.121. The second-order valence-corrected chi connectivity index (χ2v) is 6.99. The van der Waals surface area contributed by atoms with Gasteiger partial charge in [0.15, 0.2) is 11.1 Å². The van der Waals surface area contributed by atoms with E-state index >= 15 is 0 Å². The molecule has 1 amide bonds. The molecule has 2 aliphatic rings. The van der Waals surface area contributed by atoms with Crippen molar-refractivity contribution >= 4 is 40.5 Å². The van der Waals surface area contributed by atoms with Crippen LogP contribution in [0.25, 0.3) is 6.08 Å². The standard InChI is InChI=1S/C19H19N3O3S/c1-21-18(23)16(26-19(21)20-14-5-3-2-4-6-14)13-15-7-8-17(25-15)22-9-11-24-12-10-22/h2-8,13H,9-12H2,1H3/b16-13+,20-19?. The third kappa shape index (κ3) is 3.54. The third-order valence-corrected chi connectivity index (χ3v) is 5.25. The van der Waals surface area contributed by atoms with Crippen molar-refractivity contribution in [3.05, 3.63) is 53.1 Å². The summed E-state index contributed by atoms with van der Waals surface area (Å²) in [4.78, 5) is 21.4. The smallest absolute Gasteiger partial charge is 0.266 e. The molecule has 1 aromatic heterocycles. The van der Waals surface area contributed by atoms with Crippen LogP contribution in [-0.4, -0.2) is 49.3 Å². The van der Waals surface area contributed by atoms with Gasteiger partial charge in [-0.25, -0.2) is 4.99 Å². The first-order valence-electron chi connectivity index (χ1n) is 8.44. The summed E-state index contributed by atoms with van der Waals surface area (Å²) in [6.07, 6.45) is 1.78. The number of likely N-dealkylation sites (N-methyl/N-ethyl adjacent to an activating group) is 1. The first-order chi connectivity index (χ1) is 12.7. The van der Waals surface area contributed by atoms with Crippen LogP contribution in [0.15, 0.2) is 56.8 Å². The number of ether oxygens (including phenoxy) is 1. The lowest BCUT2D eigenvalue weighted by atomic mass is 10.3. The van der Waals surface area contributed by atoms with Gasteiger partial charge in [0.2, 0.25) is 0 Å². The molecule has 0 atom stereocenters. The molecule has 0 unspecified atom stereocenters. The molecule has 6 nitrogen and oxygen atoms in total. The Morgan fingerprint density at radius 2 is 1.88 bits per heavy atom. The summed E-state index contributed by atoms with van der Waals surface area (Å²) in [7, 11) is 1.74. The van der Waals surface area contributed by atoms with Crippen LogP contribution in [0.5, 0.6) is 0 Å². The van der Waals surface area contributed by atoms with E-state index in [2.05, 4.69) is 9.89 Å². The van der Waals surface area contributed by atoms with E-state index in [1.54, 1.807) is 18.0 Å². The van der Waals surface area contributed by atoms with E-state index in [1.807, 2.05) is 42.5 Å². The Bertz CT molecular complexity index is 854. The lowest BCUT2D eigenvalue weighted by Crippen LogP contribution is -2.35. The van der Waals surface area contributed by atoms with E-state index in [9.17, 15) is 4.79 Å². The second kappa shape index (κ2) is 7.39. The van der Waals surface area contributed by atoms with E-state index in [0.717, 1.165) is 24.7 Å². The number of nitrogens with zero attached hydrogens (tertiary/aromatic N) is 3. The fraction of sp³-hybridized carbons (Fsp3) is 0.263. The van der Waals surface area contributed by atoms with Gasteiger partial charge in [-0.2, -0.15) is 0 Å². The molecule has 2 aromatic rings. The van der Waals surface area contributed by atoms with Crippen LogP contribution in [0, 0.1) is 0 Å². The first kappa shape index (κ1) is 16.9. The van der Waals surface area contributed by atoms with Gasteiger partial charge in [-0.05, 0) is 30.0 Å². The molecule has 134 valence electrons. The Morgan fingerprint density at radius 1 is 1.12 bits per heavy atom. The highest BCUT2D eigenvalue weighted by molar-refractivity contribution is 8.18. The van der Waals surface area contributed by atoms with Gasteiger partial charge in [0.25, 0.3) is 5.91 Å². The molecule has 7 heteroatoms. The Balaban J connectivity index is 1.53. The summed E-state index contributed by atoms with van der Waals surface area (Å²) in [5.41, 5.74) is 0.823. The number of rotatable bonds is 3. The van der Waals surface area contributed by atoms with Gasteiger partial charge in [0.1, 0.15) is 5.76 Å². The lowest BCUT2D eigenvalue weighted by Gasteiger charge is -2.26. The van der Waals surface area contributed by atoms with Crippen molar-refractivity contribution in [1.82, 2.24) is 4.90 Å². The molecule has 2 saturated heterocycles. The topological polar surface area (TPSA) is 58.3 Å². The molecule has 3 heterocycles. The van der Waals surface area contributed by atoms with E-state index < -0.39 is 0 Å². The van der Waals surface area contributed by atoms with Crippen molar-refractivity contribution in [2.24, 2.45) is 4.99 Å². The molecule has 0 saturated carbocycles. The number of para-hydroxylation sites is 1. The minimum absolute atomic E-state index is 0.0750. The van der Waals surface area contributed by atoms with Crippen LogP contribution in [0.4, 0.5) is 11.6 Å². The summed E-state index contributed by atoms with van der Waals surface area (Å²) in [6.45, 7) is 3.03. The first-order valence-corrected chi connectivity index (χ1v) is 9.26. The fourth-order valence-electron chi connectivity index (χ4n) is 2.77. The number of thioether (sulfide) groups is 1. The van der Waals surface area contributed by atoms with E-state index in [-0.39, 0.29) is 5.91 Å². The van der Waals surface area contributed by atoms with Gasteiger partial charge < -0.3 is 14.1 Å². The van der Waals surface area contributed by atoms with E-state index in [0.29, 0.717) is 29.0 Å². The molecule has 0 N–H and O–H groups in total. The number of carbonyl (C=O) groups is 1. The fourth-order valence-corrected chi connectivity index (χ4v) is 3.73. The van der Waals surface area contributed by atoms with Crippen molar-refractivity contribution in [2.45, 2.75) is 0 Å². The number of furan rings is 1. The summed E-state index contributed by atoms with van der Waals surface area (Å²) in [5, 5.41) is 0.660. The van der Waals surface area contributed by atoms with Crippen LogP contribution in [0.3, 0.4) is 0 Å². The number of hydrogen-bond donors (Lipinski definition) is 0. The summed E-state index contributed by atoms with van der Waals surface area (Å²) in [5.74, 6) is 1.40. The second-order valence-electron chi connectivity index (χ2n) is 5.98. The van der Waals surface area contributed by atoms with Crippen molar-refractivity contribution in [3.8, 4) is 0 Å². The Labute approximate surface area is 156 Å². The molecule has 0 radical (unpaired) electrons. The maximum atomic E-state index is 12.5. The molecule has 26 heavy (non-hydrogen) atoms. The number of amidine groups is 1. The highest BCUT2D eigenvalue weighted by Crippen LogP contribution is 2.34. The van der Waals surface area contributed by atoms with Crippen LogP contribution in [0.1, 0.15) is 5.76 Å². The van der Waals surface area contributed by atoms with Crippen LogP contribution >= 0.6 is 11.8 Å². The number of amides is 1. The van der Waals surface area contributed by atoms with Gasteiger partial charge in [-0.15, -0.1) is 0 Å². The predicted octanol–water partition coefficient (Wildman–Crippen LogP) is 3.35. The number of carbonyl (C=O) groups excluding carboxylic acids is 1.